The maximum atomic E-state index is 9.44. The molecule has 0 saturated heterocycles. The lowest BCUT2D eigenvalue weighted by atomic mass is 9.93. The summed E-state index contributed by atoms with van der Waals surface area (Å²) in [5.74, 6) is 0.239. The van der Waals surface area contributed by atoms with Crippen molar-refractivity contribution < 1.29 is 4.74 Å². The fraction of sp³-hybridized carbons (Fsp3) is 0.267. The van der Waals surface area contributed by atoms with Crippen molar-refractivity contribution in [3.8, 4) is 11.8 Å². The average molecular weight is 253 g/mol. The molecule has 0 N–H and O–H groups in total. The van der Waals surface area contributed by atoms with E-state index in [9.17, 15) is 5.26 Å². The first kappa shape index (κ1) is 13.0. The number of hydrogen-bond donors (Lipinski definition) is 0. The summed E-state index contributed by atoms with van der Waals surface area (Å²) in [6.07, 6.45) is 4.80. The third-order valence-electron chi connectivity index (χ3n) is 3.17. The smallest absolute Gasteiger partial charge is 0.124 e. The second-order valence-corrected chi connectivity index (χ2v) is 4.37. The summed E-state index contributed by atoms with van der Waals surface area (Å²) in [7, 11) is 1.61. The second kappa shape index (κ2) is 5.49. The van der Waals surface area contributed by atoms with Gasteiger partial charge in [-0.2, -0.15) is 5.26 Å². The van der Waals surface area contributed by atoms with Gasteiger partial charge in [-0.05, 0) is 31.0 Å². The third kappa shape index (κ3) is 2.55. The monoisotopic (exact) mass is 253 g/mol. The minimum Gasteiger partial charge on any atom is -0.496 e. The molecule has 1 aromatic carbocycles. The zero-order chi connectivity index (χ0) is 13.8. The van der Waals surface area contributed by atoms with Crippen molar-refractivity contribution in [1.29, 1.82) is 5.26 Å². The lowest BCUT2D eigenvalue weighted by Crippen LogP contribution is -2.05. The van der Waals surface area contributed by atoms with E-state index < -0.39 is 5.92 Å². The van der Waals surface area contributed by atoms with E-state index in [1.165, 1.54) is 0 Å². The number of hydrogen-bond acceptors (Lipinski definition) is 4. The van der Waals surface area contributed by atoms with E-state index in [0.717, 1.165) is 16.7 Å². The van der Waals surface area contributed by atoms with Crippen molar-refractivity contribution in [2.45, 2.75) is 19.8 Å². The fourth-order valence-corrected chi connectivity index (χ4v) is 1.97. The molecule has 0 fully saturated rings. The molecule has 0 spiro atoms. The summed E-state index contributed by atoms with van der Waals surface area (Å²) >= 11 is 0. The van der Waals surface area contributed by atoms with Crippen LogP contribution in [0.15, 0.2) is 30.7 Å². The molecule has 1 heterocycles. The van der Waals surface area contributed by atoms with Gasteiger partial charge in [0.05, 0.1) is 25.1 Å². The van der Waals surface area contributed by atoms with Crippen molar-refractivity contribution in [3.63, 3.8) is 0 Å². The molecule has 96 valence electrons. The topological polar surface area (TPSA) is 58.8 Å². The molecule has 4 nitrogen and oxygen atoms in total. The highest BCUT2D eigenvalue weighted by molar-refractivity contribution is 5.48. The molecule has 0 saturated carbocycles. The van der Waals surface area contributed by atoms with E-state index in [-0.39, 0.29) is 0 Å². The predicted octanol–water partition coefficient (Wildman–Crippen LogP) is 2.76. The quantitative estimate of drug-likeness (QED) is 0.844. The van der Waals surface area contributed by atoms with Crippen molar-refractivity contribution >= 4 is 0 Å². The number of methoxy groups -OCH3 is 1. The summed E-state index contributed by atoms with van der Waals surface area (Å²) in [6.45, 7) is 4.04. The third-order valence-corrected chi connectivity index (χ3v) is 3.17. The number of ether oxygens (including phenoxy) is 1. The zero-order valence-electron chi connectivity index (χ0n) is 11.2. The molecule has 0 aliphatic rings. The minimum absolute atomic E-state index is 0.469. The lowest BCUT2D eigenvalue weighted by Gasteiger charge is -2.15. The Hall–Kier alpha value is -2.41. The molecule has 1 atom stereocenters. The van der Waals surface area contributed by atoms with Crippen molar-refractivity contribution in [2.24, 2.45) is 0 Å². The molecule has 0 aliphatic carbocycles. The number of nitrogens with zero attached hydrogens (tertiary/aromatic N) is 3. The SMILES string of the molecule is COc1cc(C)c(C)cc1C(C#N)c1cnccn1. The van der Waals surface area contributed by atoms with E-state index in [1.54, 1.807) is 25.7 Å². The summed E-state index contributed by atoms with van der Waals surface area (Å²) < 4.78 is 5.39. The molecule has 4 heteroatoms. The minimum atomic E-state index is -0.469. The largest absolute Gasteiger partial charge is 0.496 e. The van der Waals surface area contributed by atoms with E-state index in [0.29, 0.717) is 11.4 Å². The van der Waals surface area contributed by atoms with Crippen molar-refractivity contribution in [3.05, 3.63) is 53.1 Å². The van der Waals surface area contributed by atoms with E-state index in [1.807, 2.05) is 26.0 Å². The van der Waals surface area contributed by atoms with Gasteiger partial charge in [0.1, 0.15) is 11.7 Å². The summed E-state index contributed by atoms with van der Waals surface area (Å²) in [4.78, 5) is 8.23. The van der Waals surface area contributed by atoms with Crippen LogP contribution in [0.5, 0.6) is 5.75 Å². The Morgan fingerprint density at radius 2 is 1.95 bits per heavy atom. The molecular weight excluding hydrogens is 238 g/mol. The first-order valence-corrected chi connectivity index (χ1v) is 5.98. The summed E-state index contributed by atoms with van der Waals surface area (Å²) in [5.41, 5.74) is 3.72. The molecular formula is C15H15N3O. The molecule has 0 radical (unpaired) electrons. The Labute approximate surface area is 112 Å². The van der Waals surface area contributed by atoms with E-state index >= 15 is 0 Å². The molecule has 1 unspecified atom stereocenters. The van der Waals surface area contributed by atoms with Gasteiger partial charge in [-0.25, -0.2) is 0 Å². The van der Waals surface area contributed by atoms with Crippen LogP contribution in [0.3, 0.4) is 0 Å². The van der Waals surface area contributed by atoms with Crippen LogP contribution in [0.1, 0.15) is 28.3 Å². The van der Waals surface area contributed by atoms with E-state index in [4.69, 9.17) is 4.74 Å². The number of rotatable bonds is 3. The van der Waals surface area contributed by atoms with Gasteiger partial charge in [0.15, 0.2) is 0 Å². The molecule has 2 aromatic rings. The van der Waals surface area contributed by atoms with Crippen LogP contribution in [0.4, 0.5) is 0 Å². The standard InChI is InChI=1S/C15H15N3O/c1-10-6-12(15(19-3)7-11(10)2)13(8-16)14-9-17-4-5-18-14/h4-7,9,13H,1-3H3. The van der Waals surface area contributed by atoms with Crippen LogP contribution in [-0.2, 0) is 0 Å². The van der Waals surface area contributed by atoms with Crippen LogP contribution in [0, 0.1) is 25.2 Å². The van der Waals surface area contributed by atoms with Gasteiger partial charge in [-0.15, -0.1) is 0 Å². The molecule has 2 rings (SSSR count). The van der Waals surface area contributed by atoms with Gasteiger partial charge >= 0.3 is 0 Å². The van der Waals surface area contributed by atoms with Gasteiger partial charge < -0.3 is 4.74 Å². The molecule has 0 amide bonds. The Morgan fingerprint density at radius 1 is 1.21 bits per heavy atom. The van der Waals surface area contributed by atoms with Gasteiger partial charge in [-0.1, -0.05) is 6.07 Å². The summed E-state index contributed by atoms with van der Waals surface area (Å²) in [6, 6.07) is 6.21. The first-order chi connectivity index (χ1) is 9.17. The van der Waals surface area contributed by atoms with Gasteiger partial charge in [0, 0.05) is 18.0 Å². The highest BCUT2D eigenvalue weighted by atomic mass is 16.5. The molecule has 0 aliphatic heterocycles. The van der Waals surface area contributed by atoms with Crippen LogP contribution < -0.4 is 4.74 Å². The maximum absolute atomic E-state index is 9.44. The van der Waals surface area contributed by atoms with E-state index in [2.05, 4.69) is 16.0 Å². The Bertz CT molecular complexity index is 617. The normalized spacial score (nSPS) is 11.7. The number of aromatic nitrogens is 2. The highest BCUT2D eigenvalue weighted by Crippen LogP contribution is 2.32. The number of nitriles is 1. The number of benzene rings is 1. The van der Waals surface area contributed by atoms with Crippen molar-refractivity contribution in [2.75, 3.05) is 7.11 Å². The van der Waals surface area contributed by atoms with Gasteiger partial charge in [0.2, 0.25) is 0 Å². The van der Waals surface area contributed by atoms with Crippen molar-refractivity contribution in [1.82, 2.24) is 9.97 Å². The van der Waals surface area contributed by atoms with Gasteiger partial charge in [0.25, 0.3) is 0 Å². The second-order valence-electron chi connectivity index (χ2n) is 4.37. The molecule has 0 bridgehead atoms. The van der Waals surface area contributed by atoms with Gasteiger partial charge in [-0.3, -0.25) is 9.97 Å². The van der Waals surface area contributed by atoms with Crippen LogP contribution in [-0.4, -0.2) is 17.1 Å². The summed E-state index contributed by atoms with van der Waals surface area (Å²) in [5, 5.41) is 9.44. The Balaban J connectivity index is 2.56. The molecule has 1 aromatic heterocycles. The first-order valence-electron chi connectivity index (χ1n) is 5.98. The molecule has 19 heavy (non-hydrogen) atoms. The average Bonchev–Trinajstić information content (AvgIpc) is 2.44. The Morgan fingerprint density at radius 3 is 2.53 bits per heavy atom. The highest BCUT2D eigenvalue weighted by Gasteiger charge is 2.20. The number of aryl methyl sites for hydroxylation is 2. The maximum Gasteiger partial charge on any atom is 0.124 e. The van der Waals surface area contributed by atoms with Crippen LogP contribution >= 0.6 is 0 Å². The zero-order valence-corrected chi connectivity index (χ0v) is 11.2. The Kier molecular flexibility index (Phi) is 3.76. The fourth-order valence-electron chi connectivity index (χ4n) is 1.97. The van der Waals surface area contributed by atoms with Crippen LogP contribution in [0.25, 0.3) is 0 Å². The lowest BCUT2D eigenvalue weighted by molar-refractivity contribution is 0.409. The van der Waals surface area contributed by atoms with Crippen LogP contribution in [0.2, 0.25) is 0 Å². The predicted molar refractivity (Wildman–Crippen MR) is 72.0 cm³/mol.